The van der Waals surface area contributed by atoms with E-state index in [1.54, 1.807) is 54.6 Å². The Kier molecular flexibility index (Phi) is 6.92. The van der Waals surface area contributed by atoms with Crippen molar-refractivity contribution in [3.05, 3.63) is 133 Å². The minimum atomic E-state index is -4.74. The number of rotatable bonds is 8. The minimum Gasteiger partial charge on any atom is -0.356 e. The number of fused-ring (bicyclic) bond motifs is 2. The molecular formula is C32H24N2O5S2. The van der Waals surface area contributed by atoms with Crippen molar-refractivity contribution in [2.24, 2.45) is 0 Å². The number of anilines is 4. The molecule has 9 heteroatoms. The van der Waals surface area contributed by atoms with Crippen LogP contribution in [0.25, 0.3) is 21.5 Å². The zero-order chi connectivity index (χ0) is 28.5. The van der Waals surface area contributed by atoms with Gasteiger partial charge in [0.25, 0.3) is 0 Å². The fourth-order valence-corrected chi connectivity index (χ4v) is 7.60. The summed E-state index contributed by atoms with van der Waals surface area (Å²) in [6.07, 6.45) is 0. The average Bonchev–Trinajstić information content (AvgIpc) is 2.97. The predicted octanol–water partition coefficient (Wildman–Crippen LogP) is 7.57. The van der Waals surface area contributed by atoms with Gasteiger partial charge >= 0.3 is 20.2 Å². The van der Waals surface area contributed by atoms with E-state index in [0.29, 0.717) is 32.9 Å². The average molecular weight is 581 g/mol. The molecule has 0 fully saturated rings. The van der Waals surface area contributed by atoms with Crippen LogP contribution in [0.4, 0.5) is 22.7 Å². The van der Waals surface area contributed by atoms with Crippen LogP contribution in [0.2, 0.25) is 0 Å². The summed E-state index contributed by atoms with van der Waals surface area (Å²) in [5.41, 5.74) is 2.95. The lowest BCUT2D eigenvalue weighted by Crippen LogP contribution is -2.15. The lowest BCUT2D eigenvalue weighted by Gasteiger charge is -2.14. The van der Waals surface area contributed by atoms with Crippen LogP contribution in [0.1, 0.15) is 0 Å². The maximum atomic E-state index is 13.5. The van der Waals surface area contributed by atoms with E-state index in [0.717, 1.165) is 11.4 Å². The summed E-state index contributed by atoms with van der Waals surface area (Å²) in [5, 5.41) is 8.39. The summed E-state index contributed by atoms with van der Waals surface area (Å²) in [5.74, 6) is 0. The largest absolute Gasteiger partial charge is 0.356 e. The van der Waals surface area contributed by atoms with Crippen LogP contribution in [0.3, 0.4) is 0 Å². The van der Waals surface area contributed by atoms with Crippen LogP contribution in [0, 0.1) is 0 Å². The molecule has 6 aromatic carbocycles. The first kappa shape index (κ1) is 26.5. The lowest BCUT2D eigenvalue weighted by atomic mass is 10.1. The molecule has 0 aliphatic heterocycles. The molecule has 0 aliphatic rings. The molecule has 0 aliphatic carbocycles. The molecule has 7 nitrogen and oxygen atoms in total. The standard InChI is InChI=1S/C32H24N2O5S2/c35-40(36,31-17-9-10-23-18-19-26(22-29(23)31)33-24-11-3-1-4-12-24)39-41(37,38)32-21-20-30(27-15-7-8-16-28(27)32)34-25-13-5-2-6-14-25/h1-22,33-34H. The van der Waals surface area contributed by atoms with Gasteiger partial charge in [-0.25, -0.2) is 0 Å². The zero-order valence-electron chi connectivity index (χ0n) is 21.6. The van der Waals surface area contributed by atoms with Crippen LogP contribution in [0.15, 0.2) is 143 Å². The lowest BCUT2D eigenvalue weighted by molar-refractivity contribution is 0.463. The van der Waals surface area contributed by atoms with Gasteiger partial charge in [0.15, 0.2) is 0 Å². The molecule has 0 amide bonds. The molecule has 0 unspecified atom stereocenters. The Labute approximate surface area is 238 Å². The zero-order valence-corrected chi connectivity index (χ0v) is 23.2. The SMILES string of the molecule is O=S(=O)(OS(=O)(=O)c1ccc(Nc2ccccc2)c2ccccc12)c1cccc2ccc(Nc3ccccc3)cc12. The van der Waals surface area contributed by atoms with Crippen molar-refractivity contribution in [1.82, 2.24) is 0 Å². The summed E-state index contributed by atoms with van der Waals surface area (Å²) in [6.45, 7) is 0. The van der Waals surface area contributed by atoms with Gasteiger partial charge in [-0.2, -0.15) is 16.8 Å². The molecule has 0 atom stereocenters. The first-order valence-electron chi connectivity index (χ1n) is 12.7. The molecule has 204 valence electrons. The van der Waals surface area contributed by atoms with Crippen LogP contribution < -0.4 is 10.6 Å². The maximum Gasteiger partial charge on any atom is 0.312 e. The molecule has 0 spiro atoms. The maximum absolute atomic E-state index is 13.5. The topological polar surface area (TPSA) is 102 Å². The third kappa shape index (κ3) is 5.51. The number of hydrogen-bond acceptors (Lipinski definition) is 7. The fraction of sp³-hybridized carbons (Fsp3) is 0. The Morgan fingerprint density at radius 2 is 1.02 bits per heavy atom. The summed E-state index contributed by atoms with van der Waals surface area (Å²) >= 11 is 0. The van der Waals surface area contributed by atoms with Gasteiger partial charge in [0.1, 0.15) is 9.79 Å². The van der Waals surface area contributed by atoms with E-state index in [1.807, 2.05) is 66.7 Å². The van der Waals surface area contributed by atoms with Crippen LogP contribution >= 0.6 is 0 Å². The van der Waals surface area contributed by atoms with E-state index >= 15 is 0 Å². The normalized spacial score (nSPS) is 11.9. The number of benzene rings is 6. The van der Waals surface area contributed by atoms with E-state index in [2.05, 4.69) is 10.6 Å². The second kappa shape index (κ2) is 10.7. The second-order valence-corrected chi connectivity index (χ2v) is 12.5. The molecule has 6 rings (SSSR count). The summed E-state index contributed by atoms with van der Waals surface area (Å²) < 4.78 is 59.1. The van der Waals surface area contributed by atoms with E-state index in [-0.39, 0.29) is 9.79 Å². The Morgan fingerprint density at radius 3 is 1.71 bits per heavy atom. The van der Waals surface area contributed by atoms with Gasteiger partial charge in [0, 0.05) is 38.9 Å². The smallest absolute Gasteiger partial charge is 0.312 e. The van der Waals surface area contributed by atoms with Gasteiger partial charge in [-0.05, 0) is 60.0 Å². The monoisotopic (exact) mass is 580 g/mol. The van der Waals surface area contributed by atoms with E-state index in [4.69, 9.17) is 3.63 Å². The van der Waals surface area contributed by atoms with Crippen molar-refractivity contribution in [3.63, 3.8) is 0 Å². The van der Waals surface area contributed by atoms with E-state index in [9.17, 15) is 16.8 Å². The molecule has 0 saturated heterocycles. The second-order valence-electron chi connectivity index (χ2n) is 9.31. The molecule has 2 N–H and O–H groups in total. The highest BCUT2D eigenvalue weighted by molar-refractivity contribution is 8.00. The summed E-state index contributed by atoms with van der Waals surface area (Å²) in [7, 11) is -9.48. The number of nitrogens with one attached hydrogen (secondary N) is 2. The van der Waals surface area contributed by atoms with Crippen molar-refractivity contribution in [2.45, 2.75) is 9.79 Å². The highest BCUT2D eigenvalue weighted by Gasteiger charge is 2.30. The fourth-order valence-electron chi connectivity index (χ4n) is 4.69. The first-order chi connectivity index (χ1) is 19.8. The van der Waals surface area contributed by atoms with Crippen LogP contribution in [0.5, 0.6) is 0 Å². The summed E-state index contributed by atoms with van der Waals surface area (Å²) in [4.78, 5) is -0.496. The molecular weight excluding hydrogens is 556 g/mol. The van der Waals surface area contributed by atoms with Crippen molar-refractivity contribution in [1.29, 1.82) is 0 Å². The Bertz CT molecular complexity index is 2070. The molecule has 0 bridgehead atoms. The van der Waals surface area contributed by atoms with Gasteiger partial charge in [0.05, 0.1) is 0 Å². The number of hydrogen-bond donors (Lipinski definition) is 2. The quantitative estimate of drug-likeness (QED) is 0.191. The Balaban J connectivity index is 1.37. The highest BCUT2D eigenvalue weighted by atomic mass is 32.3. The van der Waals surface area contributed by atoms with Crippen LogP contribution in [-0.4, -0.2) is 16.8 Å². The van der Waals surface area contributed by atoms with Gasteiger partial charge in [-0.3, -0.25) is 0 Å². The third-order valence-corrected chi connectivity index (χ3v) is 9.78. The number of para-hydroxylation sites is 2. The van der Waals surface area contributed by atoms with Gasteiger partial charge in [0.2, 0.25) is 0 Å². The van der Waals surface area contributed by atoms with E-state index < -0.39 is 20.2 Å². The minimum absolute atomic E-state index is 0.248. The molecule has 6 aromatic rings. The van der Waals surface area contributed by atoms with Gasteiger partial charge in [-0.15, -0.1) is 3.63 Å². The van der Waals surface area contributed by atoms with E-state index in [1.165, 1.54) is 12.1 Å². The van der Waals surface area contributed by atoms with Crippen molar-refractivity contribution in [2.75, 3.05) is 10.6 Å². The Hall–Kier alpha value is -4.70. The third-order valence-electron chi connectivity index (χ3n) is 6.56. The highest BCUT2D eigenvalue weighted by Crippen LogP contribution is 2.35. The molecule has 0 heterocycles. The Morgan fingerprint density at radius 1 is 0.439 bits per heavy atom. The van der Waals surface area contributed by atoms with Crippen molar-refractivity contribution in [3.8, 4) is 0 Å². The van der Waals surface area contributed by atoms with Crippen LogP contribution in [-0.2, 0) is 23.9 Å². The van der Waals surface area contributed by atoms with Gasteiger partial charge in [-0.1, -0.05) is 78.9 Å². The van der Waals surface area contributed by atoms with Crippen molar-refractivity contribution >= 4 is 64.5 Å². The van der Waals surface area contributed by atoms with Gasteiger partial charge < -0.3 is 10.6 Å². The molecule has 0 aromatic heterocycles. The van der Waals surface area contributed by atoms with Crippen molar-refractivity contribution < 1.29 is 20.5 Å². The molecule has 0 radical (unpaired) electrons. The first-order valence-corrected chi connectivity index (χ1v) is 15.5. The molecule has 0 saturated carbocycles. The summed E-state index contributed by atoms with van der Waals surface area (Å²) in [6, 6.07) is 38.5. The predicted molar refractivity (Wildman–Crippen MR) is 163 cm³/mol. The molecule has 41 heavy (non-hydrogen) atoms.